The zero-order valence-electron chi connectivity index (χ0n) is 10.8. The minimum Gasteiger partial charge on any atom is -0.443 e. The van der Waals surface area contributed by atoms with Crippen molar-refractivity contribution in [2.45, 2.75) is 13.0 Å². The van der Waals surface area contributed by atoms with Gasteiger partial charge in [-0.05, 0) is 29.8 Å². The van der Waals surface area contributed by atoms with E-state index < -0.39 is 0 Å². The van der Waals surface area contributed by atoms with Crippen molar-refractivity contribution in [1.82, 2.24) is 0 Å². The smallest absolute Gasteiger partial charge is 0.414 e. The predicted molar refractivity (Wildman–Crippen MR) is 75.4 cm³/mol. The van der Waals surface area contributed by atoms with Gasteiger partial charge in [-0.1, -0.05) is 29.8 Å². The number of hydrogen-bond acceptors (Lipinski definition) is 3. The topological polar surface area (TPSA) is 55.6 Å². The van der Waals surface area contributed by atoms with E-state index in [2.05, 4.69) is 25.1 Å². The Morgan fingerprint density at radius 2 is 2.00 bits per heavy atom. The summed E-state index contributed by atoms with van der Waals surface area (Å²) in [5.74, 6) is 0. The van der Waals surface area contributed by atoms with Gasteiger partial charge in [0.05, 0.1) is 6.54 Å². The molecule has 1 aliphatic rings. The molecule has 0 radical (unpaired) electrons. The van der Waals surface area contributed by atoms with Crippen LogP contribution in [0, 0.1) is 6.92 Å². The highest BCUT2D eigenvalue weighted by molar-refractivity contribution is 5.94. The van der Waals surface area contributed by atoms with Crippen molar-refractivity contribution < 1.29 is 9.53 Å². The number of nitrogens with two attached hydrogens (primary N) is 1. The van der Waals surface area contributed by atoms with Crippen molar-refractivity contribution in [3.63, 3.8) is 0 Å². The molecule has 2 N–H and O–H groups in total. The average Bonchev–Trinajstić information content (AvgIpc) is 2.79. The highest BCUT2D eigenvalue weighted by Gasteiger charge is 2.31. The van der Waals surface area contributed by atoms with Gasteiger partial charge in [0.1, 0.15) is 6.10 Å². The molecular weight excluding hydrogens is 240 g/mol. The largest absolute Gasteiger partial charge is 0.443 e. The summed E-state index contributed by atoms with van der Waals surface area (Å²) in [4.78, 5) is 13.4. The number of ether oxygens (including phenoxy) is 1. The minimum atomic E-state index is -0.318. The fraction of sp³-hybridized carbons (Fsp3) is 0.267. The first-order valence-corrected chi connectivity index (χ1v) is 6.36. The van der Waals surface area contributed by atoms with Crippen molar-refractivity contribution in [2.75, 3.05) is 18.0 Å². The van der Waals surface area contributed by atoms with Gasteiger partial charge < -0.3 is 10.5 Å². The van der Waals surface area contributed by atoms with E-state index in [9.17, 15) is 4.79 Å². The number of carbonyl (C=O) groups excluding carboxylic acids is 1. The molecule has 2 aromatic rings. The summed E-state index contributed by atoms with van der Waals surface area (Å²) < 4.78 is 5.17. The molecule has 1 unspecified atom stereocenters. The summed E-state index contributed by atoms with van der Waals surface area (Å²) in [6.07, 6.45) is -0.525. The number of rotatable bonds is 2. The fourth-order valence-electron chi connectivity index (χ4n) is 2.38. The van der Waals surface area contributed by atoms with E-state index in [4.69, 9.17) is 10.5 Å². The van der Waals surface area contributed by atoms with Gasteiger partial charge in [-0.15, -0.1) is 0 Å². The van der Waals surface area contributed by atoms with Crippen LogP contribution in [0.15, 0.2) is 36.4 Å². The first kappa shape index (κ1) is 12.0. The van der Waals surface area contributed by atoms with E-state index in [1.807, 2.05) is 18.2 Å². The third-order valence-corrected chi connectivity index (χ3v) is 3.43. The van der Waals surface area contributed by atoms with Crippen LogP contribution in [-0.2, 0) is 4.74 Å². The Balaban J connectivity index is 1.97. The van der Waals surface area contributed by atoms with Gasteiger partial charge in [-0.2, -0.15) is 0 Å². The maximum absolute atomic E-state index is 11.8. The Labute approximate surface area is 111 Å². The quantitative estimate of drug-likeness (QED) is 0.897. The second-order valence-corrected chi connectivity index (χ2v) is 4.89. The lowest BCUT2D eigenvalue weighted by molar-refractivity contribution is 0.145. The first-order valence-electron chi connectivity index (χ1n) is 6.36. The molecule has 2 aromatic carbocycles. The summed E-state index contributed by atoms with van der Waals surface area (Å²) in [5, 5.41) is 2.29. The Bertz CT molecular complexity index is 639. The molecule has 1 atom stereocenters. The highest BCUT2D eigenvalue weighted by atomic mass is 16.6. The van der Waals surface area contributed by atoms with Crippen LogP contribution in [0.5, 0.6) is 0 Å². The van der Waals surface area contributed by atoms with Crippen molar-refractivity contribution in [3.05, 3.63) is 42.0 Å². The number of cyclic esters (lactones) is 1. The molecule has 1 aliphatic heterocycles. The van der Waals surface area contributed by atoms with E-state index >= 15 is 0 Å². The standard InChI is InChI=1S/C15H16N2O2/c1-10-2-3-12-7-13(5-4-11(12)6-10)17-9-14(8-16)19-15(17)18/h2-7,14H,8-9,16H2,1H3. The summed E-state index contributed by atoms with van der Waals surface area (Å²) in [6, 6.07) is 12.2. The van der Waals surface area contributed by atoms with Gasteiger partial charge >= 0.3 is 6.09 Å². The number of carbonyl (C=O) groups is 1. The number of anilines is 1. The summed E-state index contributed by atoms with van der Waals surface area (Å²) in [6.45, 7) is 2.94. The molecule has 0 bridgehead atoms. The highest BCUT2D eigenvalue weighted by Crippen LogP contribution is 2.26. The van der Waals surface area contributed by atoms with Crippen LogP contribution in [0.1, 0.15) is 5.56 Å². The monoisotopic (exact) mass is 256 g/mol. The number of nitrogens with zero attached hydrogens (tertiary/aromatic N) is 1. The Morgan fingerprint density at radius 1 is 1.26 bits per heavy atom. The maximum atomic E-state index is 11.8. The molecule has 0 saturated carbocycles. The van der Waals surface area contributed by atoms with Crippen LogP contribution in [0.4, 0.5) is 10.5 Å². The second-order valence-electron chi connectivity index (χ2n) is 4.89. The Kier molecular flexibility index (Phi) is 2.87. The van der Waals surface area contributed by atoms with Crippen molar-refractivity contribution in [1.29, 1.82) is 0 Å². The lowest BCUT2D eigenvalue weighted by Gasteiger charge is -2.13. The summed E-state index contributed by atoms with van der Waals surface area (Å²) >= 11 is 0. The van der Waals surface area contributed by atoms with E-state index in [1.54, 1.807) is 4.90 Å². The zero-order chi connectivity index (χ0) is 13.4. The van der Waals surface area contributed by atoms with Crippen LogP contribution in [0.2, 0.25) is 0 Å². The van der Waals surface area contributed by atoms with Crippen LogP contribution >= 0.6 is 0 Å². The molecule has 19 heavy (non-hydrogen) atoms. The average molecular weight is 256 g/mol. The molecule has 98 valence electrons. The first-order chi connectivity index (χ1) is 9.17. The SMILES string of the molecule is Cc1ccc2cc(N3CC(CN)OC3=O)ccc2c1. The molecule has 1 amide bonds. The van der Waals surface area contributed by atoms with Crippen LogP contribution in [-0.4, -0.2) is 25.3 Å². The number of fused-ring (bicyclic) bond motifs is 1. The Hall–Kier alpha value is -2.07. The van der Waals surface area contributed by atoms with E-state index in [-0.39, 0.29) is 12.2 Å². The van der Waals surface area contributed by atoms with Gasteiger partial charge in [0.25, 0.3) is 0 Å². The van der Waals surface area contributed by atoms with Gasteiger partial charge in [-0.3, -0.25) is 4.90 Å². The molecule has 4 heteroatoms. The predicted octanol–water partition coefficient (Wildman–Crippen LogP) is 2.43. The van der Waals surface area contributed by atoms with Crippen LogP contribution in [0.25, 0.3) is 10.8 Å². The number of benzene rings is 2. The normalized spacial score (nSPS) is 18.9. The van der Waals surface area contributed by atoms with Crippen LogP contribution < -0.4 is 10.6 Å². The molecule has 1 fully saturated rings. The lowest BCUT2D eigenvalue weighted by atomic mass is 10.1. The van der Waals surface area contributed by atoms with Gasteiger partial charge in [-0.25, -0.2) is 4.79 Å². The second kappa shape index (κ2) is 4.55. The molecule has 1 saturated heterocycles. The molecule has 0 aliphatic carbocycles. The van der Waals surface area contributed by atoms with Gasteiger partial charge in [0.2, 0.25) is 0 Å². The Morgan fingerprint density at radius 3 is 2.74 bits per heavy atom. The number of aryl methyl sites for hydroxylation is 1. The van der Waals surface area contributed by atoms with E-state index in [1.165, 1.54) is 10.9 Å². The summed E-state index contributed by atoms with van der Waals surface area (Å²) in [7, 11) is 0. The third kappa shape index (κ3) is 2.15. The lowest BCUT2D eigenvalue weighted by Crippen LogP contribution is -2.27. The van der Waals surface area contributed by atoms with Crippen molar-refractivity contribution in [2.24, 2.45) is 5.73 Å². The third-order valence-electron chi connectivity index (χ3n) is 3.43. The minimum absolute atomic E-state index is 0.207. The molecule has 0 spiro atoms. The molecule has 1 heterocycles. The molecule has 0 aromatic heterocycles. The zero-order valence-corrected chi connectivity index (χ0v) is 10.8. The fourth-order valence-corrected chi connectivity index (χ4v) is 2.38. The van der Waals surface area contributed by atoms with Gasteiger partial charge in [0, 0.05) is 12.2 Å². The van der Waals surface area contributed by atoms with E-state index in [0.29, 0.717) is 13.1 Å². The van der Waals surface area contributed by atoms with Gasteiger partial charge in [0.15, 0.2) is 0 Å². The number of hydrogen-bond donors (Lipinski definition) is 1. The van der Waals surface area contributed by atoms with Crippen LogP contribution in [0.3, 0.4) is 0 Å². The molecular formula is C15H16N2O2. The molecule has 4 nitrogen and oxygen atoms in total. The maximum Gasteiger partial charge on any atom is 0.414 e. The number of amides is 1. The molecule has 3 rings (SSSR count). The van der Waals surface area contributed by atoms with Crippen molar-refractivity contribution in [3.8, 4) is 0 Å². The van der Waals surface area contributed by atoms with Crippen molar-refractivity contribution >= 4 is 22.6 Å². The summed E-state index contributed by atoms with van der Waals surface area (Å²) in [5.41, 5.74) is 7.62. The van der Waals surface area contributed by atoms with E-state index in [0.717, 1.165) is 11.1 Å².